The first-order chi connectivity index (χ1) is 7.72. The van der Waals surface area contributed by atoms with Crippen LogP contribution in [0.4, 0.5) is 0 Å². The molecule has 3 nitrogen and oxygen atoms in total. The smallest absolute Gasteiger partial charge is 0.0809 e. The number of aromatic nitrogens is 1. The van der Waals surface area contributed by atoms with Crippen molar-refractivity contribution in [1.82, 2.24) is 4.98 Å². The third-order valence-corrected chi connectivity index (χ3v) is 2.68. The molecule has 0 radical (unpaired) electrons. The van der Waals surface area contributed by atoms with Crippen LogP contribution in [0.15, 0.2) is 30.3 Å². The number of para-hydroxylation sites is 1. The Kier molecular flexibility index (Phi) is 3.17. The summed E-state index contributed by atoms with van der Waals surface area (Å²) >= 11 is 0. The second-order valence-corrected chi connectivity index (χ2v) is 3.96. The van der Waals surface area contributed by atoms with Gasteiger partial charge in [-0.3, -0.25) is 4.98 Å². The number of aliphatic hydroxyl groups is 1. The lowest BCUT2D eigenvalue weighted by Crippen LogP contribution is -2.07. The van der Waals surface area contributed by atoms with Crippen LogP contribution in [-0.4, -0.2) is 16.6 Å². The second kappa shape index (κ2) is 4.60. The van der Waals surface area contributed by atoms with Gasteiger partial charge in [-0.2, -0.15) is 0 Å². The van der Waals surface area contributed by atoms with E-state index in [0.29, 0.717) is 13.0 Å². The van der Waals surface area contributed by atoms with E-state index in [9.17, 15) is 5.11 Å². The quantitative estimate of drug-likeness (QED) is 0.824. The van der Waals surface area contributed by atoms with Crippen molar-refractivity contribution in [2.45, 2.75) is 19.4 Å². The fourth-order valence-corrected chi connectivity index (χ4v) is 1.93. The van der Waals surface area contributed by atoms with E-state index in [1.165, 1.54) is 0 Å². The first-order valence-corrected chi connectivity index (χ1v) is 5.47. The molecule has 0 aliphatic carbocycles. The molecule has 2 aromatic rings. The van der Waals surface area contributed by atoms with Crippen LogP contribution in [0.3, 0.4) is 0 Å². The molecule has 0 aliphatic rings. The monoisotopic (exact) mass is 216 g/mol. The van der Waals surface area contributed by atoms with E-state index in [-0.39, 0.29) is 0 Å². The molecule has 1 aromatic carbocycles. The van der Waals surface area contributed by atoms with Gasteiger partial charge in [0.15, 0.2) is 0 Å². The summed E-state index contributed by atoms with van der Waals surface area (Å²) in [5.74, 6) is 0. The predicted octanol–water partition coefficient (Wildman–Crippen LogP) is 1.93. The number of benzene rings is 1. The molecular weight excluding hydrogens is 200 g/mol. The normalized spacial score (nSPS) is 12.9. The summed E-state index contributed by atoms with van der Waals surface area (Å²) in [7, 11) is 0. The van der Waals surface area contributed by atoms with Gasteiger partial charge in [-0.05, 0) is 37.6 Å². The Morgan fingerprint density at radius 3 is 2.88 bits per heavy atom. The third kappa shape index (κ3) is 2.05. The van der Waals surface area contributed by atoms with Gasteiger partial charge in [0.1, 0.15) is 0 Å². The zero-order valence-electron chi connectivity index (χ0n) is 9.35. The number of hydrogen-bond donors (Lipinski definition) is 2. The largest absolute Gasteiger partial charge is 0.388 e. The molecule has 0 fully saturated rings. The van der Waals surface area contributed by atoms with Gasteiger partial charge < -0.3 is 10.8 Å². The Morgan fingerprint density at radius 2 is 2.12 bits per heavy atom. The van der Waals surface area contributed by atoms with E-state index < -0.39 is 6.10 Å². The number of aliphatic hydroxyl groups excluding tert-OH is 1. The lowest BCUT2D eigenvalue weighted by molar-refractivity contribution is 0.171. The Bertz CT molecular complexity index is 496. The highest BCUT2D eigenvalue weighted by atomic mass is 16.3. The van der Waals surface area contributed by atoms with Gasteiger partial charge in [-0.1, -0.05) is 18.2 Å². The van der Waals surface area contributed by atoms with Crippen molar-refractivity contribution < 1.29 is 5.11 Å². The molecule has 0 saturated carbocycles. The lowest BCUT2D eigenvalue weighted by atomic mass is 10.0. The van der Waals surface area contributed by atoms with Crippen LogP contribution in [0.1, 0.15) is 23.8 Å². The van der Waals surface area contributed by atoms with E-state index in [4.69, 9.17) is 5.73 Å². The standard InChI is InChI=1S/C13H16N2O/c1-9-8-11(13(16)6-7-14)10-4-2-3-5-12(10)15-9/h2-5,8,13,16H,6-7,14H2,1H3/t13-/m0/s1. The van der Waals surface area contributed by atoms with Crippen molar-refractivity contribution >= 4 is 10.9 Å². The van der Waals surface area contributed by atoms with Crippen LogP contribution in [0.2, 0.25) is 0 Å². The summed E-state index contributed by atoms with van der Waals surface area (Å²) in [6, 6.07) is 9.78. The highest BCUT2D eigenvalue weighted by Crippen LogP contribution is 2.25. The molecule has 3 N–H and O–H groups in total. The Morgan fingerprint density at radius 1 is 1.38 bits per heavy atom. The molecule has 1 aromatic heterocycles. The van der Waals surface area contributed by atoms with E-state index in [1.807, 2.05) is 37.3 Å². The van der Waals surface area contributed by atoms with Gasteiger partial charge in [-0.15, -0.1) is 0 Å². The maximum atomic E-state index is 10.0. The number of nitrogens with two attached hydrogens (primary N) is 1. The number of rotatable bonds is 3. The summed E-state index contributed by atoms with van der Waals surface area (Å²) in [5.41, 5.74) is 8.24. The Hall–Kier alpha value is -1.45. The van der Waals surface area contributed by atoms with Crippen molar-refractivity contribution in [1.29, 1.82) is 0 Å². The fourth-order valence-electron chi connectivity index (χ4n) is 1.93. The first kappa shape index (κ1) is 11.0. The molecule has 0 aliphatic heterocycles. The summed E-state index contributed by atoms with van der Waals surface area (Å²) < 4.78 is 0. The van der Waals surface area contributed by atoms with E-state index in [2.05, 4.69) is 4.98 Å². The SMILES string of the molecule is Cc1cc([C@@H](O)CCN)c2ccccc2n1. The molecule has 0 amide bonds. The van der Waals surface area contributed by atoms with E-state index in [0.717, 1.165) is 22.2 Å². The average molecular weight is 216 g/mol. The number of hydrogen-bond acceptors (Lipinski definition) is 3. The molecule has 1 heterocycles. The summed E-state index contributed by atoms with van der Waals surface area (Å²) in [6.45, 7) is 2.42. The Balaban J connectivity index is 2.58. The van der Waals surface area contributed by atoms with Gasteiger partial charge in [0.2, 0.25) is 0 Å². The highest BCUT2D eigenvalue weighted by Gasteiger charge is 2.11. The van der Waals surface area contributed by atoms with Crippen molar-refractivity contribution in [3.05, 3.63) is 41.6 Å². The van der Waals surface area contributed by atoms with Gasteiger partial charge in [-0.25, -0.2) is 0 Å². The summed E-state index contributed by atoms with van der Waals surface area (Å²) in [6.07, 6.45) is 0.0737. The van der Waals surface area contributed by atoms with Crippen molar-refractivity contribution in [3.8, 4) is 0 Å². The highest BCUT2D eigenvalue weighted by molar-refractivity contribution is 5.82. The molecule has 1 atom stereocenters. The molecule has 0 unspecified atom stereocenters. The molecule has 84 valence electrons. The first-order valence-electron chi connectivity index (χ1n) is 5.47. The average Bonchev–Trinajstić information content (AvgIpc) is 2.28. The van der Waals surface area contributed by atoms with Crippen LogP contribution in [0.25, 0.3) is 10.9 Å². The molecule has 0 saturated heterocycles. The topological polar surface area (TPSA) is 59.1 Å². The van der Waals surface area contributed by atoms with Gasteiger partial charge in [0.25, 0.3) is 0 Å². The summed E-state index contributed by atoms with van der Waals surface area (Å²) in [5, 5.41) is 11.0. The number of pyridine rings is 1. The third-order valence-electron chi connectivity index (χ3n) is 2.68. The lowest BCUT2D eigenvalue weighted by Gasteiger charge is -2.13. The van der Waals surface area contributed by atoms with Crippen LogP contribution in [0, 0.1) is 6.92 Å². The van der Waals surface area contributed by atoms with E-state index >= 15 is 0 Å². The van der Waals surface area contributed by atoms with Crippen LogP contribution in [0.5, 0.6) is 0 Å². The summed E-state index contributed by atoms with van der Waals surface area (Å²) in [4.78, 5) is 4.44. The fraction of sp³-hybridized carbons (Fsp3) is 0.308. The number of nitrogens with zero attached hydrogens (tertiary/aromatic N) is 1. The molecular formula is C13H16N2O. The van der Waals surface area contributed by atoms with Crippen LogP contribution < -0.4 is 5.73 Å². The van der Waals surface area contributed by atoms with Crippen molar-refractivity contribution in [3.63, 3.8) is 0 Å². The molecule has 0 spiro atoms. The van der Waals surface area contributed by atoms with Crippen LogP contribution >= 0.6 is 0 Å². The second-order valence-electron chi connectivity index (χ2n) is 3.96. The van der Waals surface area contributed by atoms with Crippen molar-refractivity contribution in [2.24, 2.45) is 5.73 Å². The minimum atomic E-state index is -0.503. The number of fused-ring (bicyclic) bond motifs is 1. The zero-order chi connectivity index (χ0) is 11.5. The maximum Gasteiger partial charge on any atom is 0.0809 e. The molecule has 16 heavy (non-hydrogen) atoms. The van der Waals surface area contributed by atoms with Gasteiger partial charge in [0.05, 0.1) is 11.6 Å². The number of aryl methyl sites for hydroxylation is 1. The van der Waals surface area contributed by atoms with Crippen molar-refractivity contribution in [2.75, 3.05) is 6.54 Å². The minimum Gasteiger partial charge on any atom is -0.388 e. The minimum absolute atomic E-state index is 0.483. The molecule has 0 bridgehead atoms. The van der Waals surface area contributed by atoms with E-state index in [1.54, 1.807) is 0 Å². The zero-order valence-corrected chi connectivity index (χ0v) is 9.35. The molecule has 2 rings (SSSR count). The Labute approximate surface area is 94.9 Å². The van der Waals surface area contributed by atoms with Crippen LogP contribution in [-0.2, 0) is 0 Å². The van der Waals surface area contributed by atoms with Gasteiger partial charge in [0, 0.05) is 11.1 Å². The maximum absolute atomic E-state index is 10.0. The molecule has 3 heteroatoms. The predicted molar refractivity (Wildman–Crippen MR) is 65.1 cm³/mol. The van der Waals surface area contributed by atoms with Gasteiger partial charge >= 0.3 is 0 Å².